The van der Waals surface area contributed by atoms with Gasteiger partial charge in [-0.05, 0) is 49.8 Å². The highest BCUT2D eigenvalue weighted by molar-refractivity contribution is 7.14. The summed E-state index contributed by atoms with van der Waals surface area (Å²) in [6.07, 6.45) is 7.11. The van der Waals surface area contributed by atoms with Crippen LogP contribution in [0.2, 0.25) is 0 Å². The molecule has 2 rings (SSSR count). The summed E-state index contributed by atoms with van der Waals surface area (Å²) in [5, 5.41) is 8.61. The van der Waals surface area contributed by atoms with Crippen molar-refractivity contribution < 1.29 is 14.7 Å². The first kappa shape index (κ1) is 15.8. The van der Waals surface area contributed by atoms with Gasteiger partial charge in [0, 0.05) is 24.0 Å². The maximum atomic E-state index is 12.5. The maximum Gasteiger partial charge on any atom is 0.328 e. The lowest BCUT2D eigenvalue weighted by molar-refractivity contribution is -0.131. The first-order chi connectivity index (χ1) is 9.97. The number of nitrogens with zero attached hydrogens (tertiary/aromatic N) is 1. The number of hydrogen-bond donors (Lipinski definition) is 1. The fourth-order valence-electron chi connectivity index (χ4n) is 2.68. The van der Waals surface area contributed by atoms with Crippen molar-refractivity contribution in [3.8, 4) is 0 Å². The summed E-state index contributed by atoms with van der Waals surface area (Å²) in [7, 11) is 1.87. The van der Waals surface area contributed by atoms with Crippen LogP contribution in [-0.4, -0.2) is 35.0 Å². The van der Waals surface area contributed by atoms with Crippen LogP contribution >= 0.6 is 11.3 Å². The van der Waals surface area contributed by atoms with Gasteiger partial charge in [-0.3, -0.25) is 4.79 Å². The zero-order valence-corrected chi connectivity index (χ0v) is 13.2. The van der Waals surface area contributed by atoms with E-state index < -0.39 is 5.97 Å². The van der Waals surface area contributed by atoms with Crippen LogP contribution in [0.25, 0.3) is 6.08 Å². The van der Waals surface area contributed by atoms with Crippen molar-refractivity contribution in [2.75, 3.05) is 7.05 Å². The van der Waals surface area contributed by atoms with Gasteiger partial charge in [-0.15, -0.1) is 11.3 Å². The minimum Gasteiger partial charge on any atom is -0.478 e. The number of rotatable bonds is 4. The second-order valence-electron chi connectivity index (χ2n) is 5.70. The summed E-state index contributed by atoms with van der Waals surface area (Å²) in [6.45, 7) is 2.26. The topological polar surface area (TPSA) is 57.6 Å². The highest BCUT2D eigenvalue weighted by atomic mass is 32.1. The standard InChI is InChI=1S/C16H21NO3S/c1-11-3-5-12(6-4-11)17(2)16(20)14-9-7-13(21-14)8-10-15(18)19/h7-12H,3-6H2,1-2H3,(H,18,19). The Labute approximate surface area is 129 Å². The molecule has 1 saturated carbocycles. The van der Waals surface area contributed by atoms with Crippen LogP contribution < -0.4 is 0 Å². The van der Waals surface area contributed by atoms with Crippen LogP contribution in [-0.2, 0) is 4.79 Å². The van der Waals surface area contributed by atoms with E-state index >= 15 is 0 Å². The zero-order chi connectivity index (χ0) is 15.4. The van der Waals surface area contributed by atoms with Crippen molar-refractivity contribution in [3.63, 3.8) is 0 Å². The maximum absolute atomic E-state index is 12.5. The van der Waals surface area contributed by atoms with Crippen LogP contribution in [0.15, 0.2) is 18.2 Å². The molecule has 1 aliphatic carbocycles. The molecular formula is C16H21NO3S. The van der Waals surface area contributed by atoms with E-state index in [0.717, 1.165) is 29.7 Å². The van der Waals surface area contributed by atoms with Gasteiger partial charge in [-0.1, -0.05) is 6.92 Å². The largest absolute Gasteiger partial charge is 0.478 e. The van der Waals surface area contributed by atoms with Gasteiger partial charge in [0.05, 0.1) is 4.88 Å². The van der Waals surface area contributed by atoms with E-state index in [0.29, 0.717) is 10.9 Å². The molecule has 1 N–H and O–H groups in total. The van der Waals surface area contributed by atoms with E-state index in [2.05, 4.69) is 6.92 Å². The smallest absolute Gasteiger partial charge is 0.328 e. The molecule has 21 heavy (non-hydrogen) atoms. The molecule has 4 nitrogen and oxygen atoms in total. The van der Waals surface area contributed by atoms with Crippen LogP contribution in [0.1, 0.15) is 47.2 Å². The number of carboxylic acid groups (broad SMARTS) is 1. The van der Waals surface area contributed by atoms with Crippen LogP contribution in [0, 0.1) is 5.92 Å². The van der Waals surface area contributed by atoms with E-state index in [4.69, 9.17) is 5.11 Å². The van der Waals surface area contributed by atoms with Gasteiger partial charge in [-0.25, -0.2) is 4.79 Å². The van der Waals surface area contributed by atoms with Crippen molar-refractivity contribution in [2.24, 2.45) is 5.92 Å². The lowest BCUT2D eigenvalue weighted by Gasteiger charge is -2.33. The van der Waals surface area contributed by atoms with Gasteiger partial charge in [0.15, 0.2) is 0 Å². The van der Waals surface area contributed by atoms with E-state index in [9.17, 15) is 9.59 Å². The number of aliphatic carboxylic acids is 1. The quantitative estimate of drug-likeness (QED) is 0.866. The first-order valence-corrected chi connectivity index (χ1v) is 8.07. The number of hydrogen-bond acceptors (Lipinski definition) is 3. The molecule has 1 fully saturated rings. The Morgan fingerprint density at radius 1 is 1.29 bits per heavy atom. The molecular weight excluding hydrogens is 286 g/mol. The summed E-state index contributed by atoms with van der Waals surface area (Å²) < 4.78 is 0. The first-order valence-electron chi connectivity index (χ1n) is 7.25. The molecule has 114 valence electrons. The monoisotopic (exact) mass is 307 g/mol. The Balaban J connectivity index is 2.01. The third-order valence-corrected chi connectivity index (χ3v) is 5.12. The van der Waals surface area contributed by atoms with E-state index in [-0.39, 0.29) is 5.91 Å². The molecule has 0 saturated heterocycles. The minimum atomic E-state index is -0.982. The fourth-order valence-corrected chi connectivity index (χ4v) is 3.57. The molecule has 1 aromatic rings. The molecule has 1 aliphatic rings. The van der Waals surface area contributed by atoms with Crippen molar-refractivity contribution >= 4 is 29.3 Å². The number of carbonyl (C=O) groups is 2. The molecule has 0 spiro atoms. The van der Waals surface area contributed by atoms with Gasteiger partial charge in [-0.2, -0.15) is 0 Å². The second-order valence-corrected chi connectivity index (χ2v) is 6.82. The summed E-state index contributed by atoms with van der Waals surface area (Å²) in [5.74, 6) is -0.182. The van der Waals surface area contributed by atoms with Crippen LogP contribution in [0.5, 0.6) is 0 Å². The highest BCUT2D eigenvalue weighted by Gasteiger charge is 2.26. The predicted molar refractivity (Wildman–Crippen MR) is 84.5 cm³/mol. The molecule has 0 bridgehead atoms. The lowest BCUT2D eigenvalue weighted by Crippen LogP contribution is -2.38. The third-order valence-electron chi connectivity index (χ3n) is 4.08. The number of thiophene rings is 1. The molecule has 1 amide bonds. The molecule has 0 aromatic carbocycles. The van der Waals surface area contributed by atoms with Crippen molar-refractivity contribution in [1.82, 2.24) is 4.90 Å². The van der Waals surface area contributed by atoms with E-state index in [1.54, 1.807) is 12.1 Å². The van der Waals surface area contributed by atoms with E-state index in [1.807, 2.05) is 11.9 Å². The molecule has 5 heteroatoms. The number of carbonyl (C=O) groups excluding carboxylic acids is 1. The third kappa shape index (κ3) is 4.17. The highest BCUT2D eigenvalue weighted by Crippen LogP contribution is 2.28. The molecule has 0 atom stereocenters. The van der Waals surface area contributed by atoms with Crippen LogP contribution in [0.3, 0.4) is 0 Å². The minimum absolute atomic E-state index is 0.0366. The van der Waals surface area contributed by atoms with Gasteiger partial charge < -0.3 is 10.0 Å². The Morgan fingerprint density at radius 3 is 2.57 bits per heavy atom. The van der Waals surface area contributed by atoms with Crippen molar-refractivity contribution in [2.45, 2.75) is 38.6 Å². The lowest BCUT2D eigenvalue weighted by atomic mass is 9.87. The molecule has 0 unspecified atom stereocenters. The molecule has 0 aliphatic heterocycles. The fraction of sp³-hybridized carbons (Fsp3) is 0.500. The average molecular weight is 307 g/mol. The average Bonchev–Trinajstić information content (AvgIpc) is 2.93. The zero-order valence-electron chi connectivity index (χ0n) is 12.4. The normalized spacial score (nSPS) is 22.4. The predicted octanol–water partition coefficient (Wildman–Crippen LogP) is 3.50. The van der Waals surface area contributed by atoms with Gasteiger partial charge >= 0.3 is 5.97 Å². The molecule has 0 radical (unpaired) electrons. The van der Waals surface area contributed by atoms with Gasteiger partial charge in [0.25, 0.3) is 5.91 Å². The second kappa shape index (κ2) is 6.89. The van der Waals surface area contributed by atoms with Crippen molar-refractivity contribution in [1.29, 1.82) is 0 Å². The van der Waals surface area contributed by atoms with Crippen LogP contribution in [0.4, 0.5) is 0 Å². The molecule has 1 heterocycles. The number of carboxylic acids is 1. The van der Waals surface area contributed by atoms with E-state index in [1.165, 1.54) is 30.3 Å². The molecule has 1 aromatic heterocycles. The van der Waals surface area contributed by atoms with Gasteiger partial charge in [0.1, 0.15) is 0 Å². The Kier molecular flexibility index (Phi) is 5.17. The summed E-state index contributed by atoms with van der Waals surface area (Å²) in [6, 6.07) is 3.89. The summed E-state index contributed by atoms with van der Waals surface area (Å²) in [4.78, 5) is 26.3. The Hall–Kier alpha value is -1.62. The van der Waals surface area contributed by atoms with Crippen molar-refractivity contribution in [3.05, 3.63) is 28.0 Å². The summed E-state index contributed by atoms with van der Waals surface area (Å²) >= 11 is 1.33. The Morgan fingerprint density at radius 2 is 1.95 bits per heavy atom. The number of amides is 1. The van der Waals surface area contributed by atoms with Gasteiger partial charge in [0.2, 0.25) is 0 Å². The summed E-state index contributed by atoms with van der Waals surface area (Å²) in [5.41, 5.74) is 0. The SMILES string of the molecule is CC1CCC(N(C)C(=O)c2ccc(C=CC(=O)O)s2)CC1. The Bertz CT molecular complexity index is 541.